The van der Waals surface area contributed by atoms with Crippen molar-refractivity contribution >= 4 is 28.3 Å². The lowest BCUT2D eigenvalue weighted by Crippen LogP contribution is -2.42. The average molecular weight is 372 g/mol. The quantitative estimate of drug-likeness (QED) is 0.672. The summed E-state index contributed by atoms with van der Waals surface area (Å²) in [5, 5.41) is 24.6. The minimum Gasteiger partial charge on any atom is -0.390 e. The molecular formula is C18H15ClFN5O. The third-order valence-electron chi connectivity index (χ3n) is 4.78. The Kier molecular flexibility index (Phi) is 3.65. The van der Waals surface area contributed by atoms with Crippen LogP contribution in [-0.2, 0) is 0 Å². The predicted molar refractivity (Wildman–Crippen MR) is 96.0 cm³/mol. The number of nitrogens with two attached hydrogens (primary N) is 1. The fraction of sp³-hybridized carbons (Fsp3) is 0.278. The van der Waals surface area contributed by atoms with E-state index < -0.39 is 11.4 Å². The summed E-state index contributed by atoms with van der Waals surface area (Å²) in [7, 11) is 0. The highest BCUT2D eigenvalue weighted by Crippen LogP contribution is 2.43. The van der Waals surface area contributed by atoms with E-state index in [1.165, 1.54) is 4.68 Å². The van der Waals surface area contributed by atoms with Crippen LogP contribution in [0, 0.1) is 17.1 Å². The van der Waals surface area contributed by atoms with Gasteiger partial charge in [-0.3, -0.25) is 0 Å². The van der Waals surface area contributed by atoms with E-state index in [4.69, 9.17) is 17.3 Å². The lowest BCUT2D eigenvalue weighted by atomic mass is 9.77. The fourth-order valence-corrected chi connectivity index (χ4v) is 3.61. The van der Waals surface area contributed by atoms with E-state index in [1.807, 2.05) is 6.07 Å². The summed E-state index contributed by atoms with van der Waals surface area (Å²) in [5.74, 6) is -0.437. The molecule has 2 heterocycles. The summed E-state index contributed by atoms with van der Waals surface area (Å²) >= 11 is 5.88. The monoisotopic (exact) mass is 371 g/mol. The molecule has 0 unspecified atom stereocenters. The Morgan fingerprint density at radius 3 is 2.73 bits per heavy atom. The number of aromatic nitrogens is 3. The molecule has 0 aliphatic heterocycles. The lowest BCUT2D eigenvalue weighted by Gasteiger charge is -2.41. The van der Waals surface area contributed by atoms with E-state index in [1.54, 1.807) is 31.2 Å². The van der Waals surface area contributed by atoms with Crippen molar-refractivity contribution in [2.24, 2.45) is 0 Å². The minimum absolute atomic E-state index is 0.108. The zero-order valence-corrected chi connectivity index (χ0v) is 14.6. The number of nitrogen functional groups attached to an aromatic ring is 1. The molecule has 0 saturated heterocycles. The van der Waals surface area contributed by atoms with Gasteiger partial charge in [0, 0.05) is 10.9 Å². The van der Waals surface area contributed by atoms with E-state index in [0.29, 0.717) is 18.2 Å². The number of pyridine rings is 1. The van der Waals surface area contributed by atoms with Gasteiger partial charge in [0.05, 0.1) is 11.6 Å². The number of halogens is 2. The Balaban J connectivity index is 1.87. The molecule has 0 atom stereocenters. The second-order valence-electron chi connectivity index (χ2n) is 6.86. The molecule has 1 saturated carbocycles. The van der Waals surface area contributed by atoms with Crippen molar-refractivity contribution in [3.63, 3.8) is 0 Å². The number of hydrogen-bond acceptors (Lipinski definition) is 5. The first-order valence-electron chi connectivity index (χ1n) is 8.06. The van der Waals surface area contributed by atoms with Gasteiger partial charge in [0.1, 0.15) is 33.8 Å². The van der Waals surface area contributed by atoms with Crippen LogP contribution in [0.2, 0.25) is 5.15 Å². The number of aliphatic hydroxyl groups is 1. The van der Waals surface area contributed by atoms with Crippen LogP contribution in [-0.4, -0.2) is 25.5 Å². The van der Waals surface area contributed by atoms with Crippen molar-refractivity contribution in [3.8, 4) is 17.3 Å². The maximum Gasteiger partial charge on any atom is 0.158 e. The van der Waals surface area contributed by atoms with Gasteiger partial charge in [-0.1, -0.05) is 17.7 Å². The van der Waals surface area contributed by atoms with Gasteiger partial charge in [0.25, 0.3) is 0 Å². The van der Waals surface area contributed by atoms with E-state index in [-0.39, 0.29) is 39.4 Å². The molecule has 3 aromatic rings. The largest absolute Gasteiger partial charge is 0.390 e. The summed E-state index contributed by atoms with van der Waals surface area (Å²) in [5.41, 5.74) is 5.82. The van der Waals surface area contributed by atoms with Crippen LogP contribution in [0.25, 0.3) is 22.2 Å². The number of rotatable bonds is 2. The third-order valence-corrected chi connectivity index (χ3v) is 4.99. The van der Waals surface area contributed by atoms with E-state index in [2.05, 4.69) is 10.1 Å². The zero-order chi connectivity index (χ0) is 18.6. The Morgan fingerprint density at radius 1 is 1.38 bits per heavy atom. The minimum atomic E-state index is -0.773. The molecule has 132 valence electrons. The van der Waals surface area contributed by atoms with Gasteiger partial charge in [-0.25, -0.2) is 14.1 Å². The topological polar surface area (TPSA) is 101 Å². The van der Waals surface area contributed by atoms with Crippen molar-refractivity contribution in [3.05, 3.63) is 40.8 Å². The van der Waals surface area contributed by atoms with Crippen LogP contribution < -0.4 is 5.73 Å². The van der Waals surface area contributed by atoms with Gasteiger partial charge in [-0.05, 0) is 38.0 Å². The maximum absolute atomic E-state index is 15.1. The number of anilines is 1. The van der Waals surface area contributed by atoms with Crippen LogP contribution >= 0.6 is 11.6 Å². The molecule has 2 aromatic heterocycles. The van der Waals surface area contributed by atoms with Gasteiger partial charge >= 0.3 is 0 Å². The van der Waals surface area contributed by atoms with Crippen molar-refractivity contribution < 1.29 is 9.50 Å². The second kappa shape index (κ2) is 5.66. The number of benzene rings is 1. The molecule has 4 rings (SSSR count). The van der Waals surface area contributed by atoms with Crippen molar-refractivity contribution in [1.82, 2.24) is 14.8 Å². The first-order valence-corrected chi connectivity index (χ1v) is 8.44. The molecule has 26 heavy (non-hydrogen) atoms. The van der Waals surface area contributed by atoms with Crippen molar-refractivity contribution in [1.29, 1.82) is 5.26 Å². The van der Waals surface area contributed by atoms with Crippen molar-refractivity contribution in [2.75, 3.05) is 5.73 Å². The van der Waals surface area contributed by atoms with Crippen LogP contribution in [0.1, 0.15) is 31.4 Å². The molecule has 0 bridgehead atoms. The van der Waals surface area contributed by atoms with Gasteiger partial charge < -0.3 is 10.8 Å². The fourth-order valence-electron chi connectivity index (χ4n) is 3.47. The number of hydrogen-bond donors (Lipinski definition) is 2. The Morgan fingerprint density at radius 2 is 2.08 bits per heavy atom. The molecular weight excluding hydrogens is 357 g/mol. The number of fused-ring (bicyclic) bond motifs is 1. The summed E-state index contributed by atoms with van der Waals surface area (Å²) in [4.78, 5) is 4.04. The second-order valence-corrected chi connectivity index (χ2v) is 7.24. The number of nitrogens with zero attached hydrogens (tertiary/aromatic N) is 4. The van der Waals surface area contributed by atoms with Gasteiger partial charge in [-0.2, -0.15) is 10.4 Å². The Labute approximate surface area is 153 Å². The van der Waals surface area contributed by atoms with E-state index in [9.17, 15) is 10.4 Å². The van der Waals surface area contributed by atoms with Crippen LogP contribution in [0.5, 0.6) is 0 Å². The predicted octanol–water partition coefficient (Wildman–Crippen LogP) is 3.43. The Bertz CT molecular complexity index is 1080. The summed E-state index contributed by atoms with van der Waals surface area (Å²) in [6.07, 6.45) is 0.946. The zero-order valence-electron chi connectivity index (χ0n) is 13.9. The molecule has 3 N–H and O–H groups in total. The molecule has 1 fully saturated rings. The highest BCUT2D eigenvalue weighted by atomic mass is 35.5. The molecule has 1 aliphatic carbocycles. The summed E-state index contributed by atoms with van der Waals surface area (Å²) in [6.45, 7) is 1.73. The normalized spacial score (nSPS) is 22.2. The number of nitriles is 1. The van der Waals surface area contributed by atoms with Crippen LogP contribution in [0.4, 0.5) is 10.2 Å². The van der Waals surface area contributed by atoms with E-state index >= 15 is 4.39 Å². The maximum atomic E-state index is 15.1. The first-order chi connectivity index (χ1) is 12.3. The van der Waals surface area contributed by atoms with Gasteiger partial charge in [-0.15, -0.1) is 0 Å². The van der Waals surface area contributed by atoms with E-state index in [0.717, 1.165) is 0 Å². The third kappa shape index (κ3) is 2.50. The highest BCUT2D eigenvalue weighted by molar-refractivity contribution is 6.29. The SMILES string of the molecule is C[C@]1(O)C[C@@H](n2nc(-c3ccc4ccc(Cl)nc4c3F)c(C#N)c2N)C1. The lowest BCUT2D eigenvalue weighted by molar-refractivity contribution is -0.0535. The molecule has 0 radical (unpaired) electrons. The van der Waals surface area contributed by atoms with Crippen LogP contribution in [0.15, 0.2) is 24.3 Å². The first kappa shape index (κ1) is 16.8. The van der Waals surface area contributed by atoms with Crippen molar-refractivity contribution in [2.45, 2.75) is 31.4 Å². The molecule has 0 spiro atoms. The van der Waals surface area contributed by atoms with Gasteiger partial charge in [0.15, 0.2) is 5.82 Å². The molecule has 6 nitrogen and oxygen atoms in total. The van der Waals surface area contributed by atoms with Gasteiger partial charge in [0.2, 0.25) is 0 Å². The highest BCUT2D eigenvalue weighted by Gasteiger charge is 2.41. The summed E-state index contributed by atoms with van der Waals surface area (Å²) < 4.78 is 16.6. The molecule has 1 aliphatic rings. The molecule has 1 aromatic carbocycles. The standard InChI is InChI=1S/C18H15ClFN5O/c1-18(26)6-10(7-18)25-17(22)12(8-21)16(24-25)11-4-2-9-3-5-13(19)23-15(9)14(11)20/h2-5,10,26H,6-7,22H2,1H3/t10-,18+. The molecule has 0 amide bonds. The summed E-state index contributed by atoms with van der Waals surface area (Å²) in [6, 6.07) is 8.39. The smallest absolute Gasteiger partial charge is 0.158 e. The Hall–Kier alpha value is -2.69. The van der Waals surface area contributed by atoms with Crippen LogP contribution in [0.3, 0.4) is 0 Å². The average Bonchev–Trinajstić information content (AvgIpc) is 2.89. The molecule has 8 heteroatoms.